The third kappa shape index (κ3) is 7.98. The zero-order valence-electron chi connectivity index (χ0n) is 16.2. The zero-order valence-corrected chi connectivity index (χ0v) is 17.0. The van der Waals surface area contributed by atoms with E-state index in [2.05, 4.69) is 10.6 Å². The van der Waals surface area contributed by atoms with E-state index in [9.17, 15) is 9.59 Å². The fourth-order valence-electron chi connectivity index (χ4n) is 2.26. The molecular formula is C21H25ClN2O4. The standard InChI is InChI=1S/C21H25ClN2O4/c1-21(2,3)28-20(26)24-18(14-27-13-15-7-5-4-6-8-15)19(25)23-17-11-9-16(22)10-12-17/h4-12,18H,13-14H2,1-3H3,(H,23,25)(H,24,26). The average Bonchev–Trinajstić information content (AvgIpc) is 2.62. The Morgan fingerprint density at radius 3 is 2.29 bits per heavy atom. The lowest BCUT2D eigenvalue weighted by atomic mass is 10.2. The summed E-state index contributed by atoms with van der Waals surface area (Å²) < 4.78 is 10.9. The predicted octanol–water partition coefficient (Wildman–Crippen LogP) is 4.39. The van der Waals surface area contributed by atoms with E-state index >= 15 is 0 Å². The van der Waals surface area contributed by atoms with Gasteiger partial charge in [-0.2, -0.15) is 0 Å². The highest BCUT2D eigenvalue weighted by molar-refractivity contribution is 6.30. The number of carbonyl (C=O) groups excluding carboxylic acids is 2. The molecule has 2 amide bonds. The maximum atomic E-state index is 12.6. The normalized spacial score (nSPS) is 12.1. The Hall–Kier alpha value is -2.57. The van der Waals surface area contributed by atoms with E-state index in [4.69, 9.17) is 21.1 Å². The summed E-state index contributed by atoms with van der Waals surface area (Å²) in [6.45, 7) is 5.57. The largest absolute Gasteiger partial charge is 0.444 e. The summed E-state index contributed by atoms with van der Waals surface area (Å²) in [6, 6.07) is 15.3. The van der Waals surface area contributed by atoms with Crippen LogP contribution in [0.3, 0.4) is 0 Å². The van der Waals surface area contributed by atoms with Gasteiger partial charge in [0, 0.05) is 10.7 Å². The predicted molar refractivity (Wildman–Crippen MR) is 109 cm³/mol. The molecule has 0 aromatic heterocycles. The second-order valence-corrected chi connectivity index (χ2v) is 7.63. The number of halogens is 1. The minimum absolute atomic E-state index is 0.00639. The van der Waals surface area contributed by atoms with Crippen molar-refractivity contribution >= 4 is 29.3 Å². The molecule has 1 atom stereocenters. The molecule has 7 heteroatoms. The molecule has 2 N–H and O–H groups in total. The van der Waals surface area contributed by atoms with Crippen molar-refractivity contribution in [2.75, 3.05) is 11.9 Å². The first-order valence-corrected chi connectivity index (χ1v) is 9.28. The van der Waals surface area contributed by atoms with E-state index in [-0.39, 0.29) is 6.61 Å². The maximum absolute atomic E-state index is 12.6. The van der Waals surface area contributed by atoms with Crippen molar-refractivity contribution < 1.29 is 19.1 Å². The van der Waals surface area contributed by atoms with E-state index in [1.807, 2.05) is 30.3 Å². The molecule has 0 fully saturated rings. The Balaban J connectivity index is 2.00. The molecule has 0 radical (unpaired) electrons. The summed E-state index contributed by atoms with van der Waals surface area (Å²) in [5, 5.41) is 5.87. The molecule has 0 saturated carbocycles. The summed E-state index contributed by atoms with van der Waals surface area (Å²) in [4.78, 5) is 24.8. The summed E-state index contributed by atoms with van der Waals surface area (Å²) >= 11 is 5.86. The average molecular weight is 405 g/mol. The number of rotatable bonds is 7. The van der Waals surface area contributed by atoms with Crippen molar-refractivity contribution in [2.24, 2.45) is 0 Å². The number of anilines is 1. The first-order chi connectivity index (χ1) is 13.2. The number of ether oxygens (including phenoxy) is 2. The number of benzene rings is 2. The number of nitrogens with one attached hydrogen (secondary N) is 2. The molecule has 28 heavy (non-hydrogen) atoms. The van der Waals surface area contributed by atoms with Gasteiger partial charge >= 0.3 is 6.09 Å². The van der Waals surface area contributed by atoms with Crippen molar-refractivity contribution in [3.8, 4) is 0 Å². The summed E-state index contributed by atoms with van der Waals surface area (Å²) in [5.74, 6) is -0.416. The van der Waals surface area contributed by atoms with Crippen molar-refractivity contribution in [3.63, 3.8) is 0 Å². The van der Waals surface area contributed by atoms with Crippen molar-refractivity contribution in [3.05, 3.63) is 65.2 Å². The van der Waals surface area contributed by atoms with Gasteiger partial charge in [0.25, 0.3) is 0 Å². The summed E-state index contributed by atoms with van der Waals surface area (Å²) in [6.07, 6.45) is -0.688. The first kappa shape index (κ1) is 21.7. The zero-order chi connectivity index (χ0) is 20.6. The smallest absolute Gasteiger partial charge is 0.408 e. The van der Waals surface area contributed by atoms with Crippen LogP contribution in [0.5, 0.6) is 0 Å². The van der Waals surface area contributed by atoms with Gasteiger partial charge in [0.05, 0.1) is 13.2 Å². The molecule has 2 rings (SSSR count). The van der Waals surface area contributed by atoms with Crippen LogP contribution in [-0.4, -0.2) is 30.3 Å². The van der Waals surface area contributed by atoms with E-state index in [1.54, 1.807) is 45.0 Å². The van der Waals surface area contributed by atoms with Gasteiger partial charge in [-0.1, -0.05) is 41.9 Å². The molecule has 0 aliphatic heterocycles. The maximum Gasteiger partial charge on any atom is 0.408 e. The lowest BCUT2D eigenvalue weighted by Gasteiger charge is -2.23. The van der Waals surface area contributed by atoms with E-state index in [0.29, 0.717) is 17.3 Å². The van der Waals surface area contributed by atoms with Gasteiger partial charge in [-0.15, -0.1) is 0 Å². The van der Waals surface area contributed by atoms with E-state index < -0.39 is 23.6 Å². The molecule has 0 heterocycles. The number of carbonyl (C=O) groups is 2. The second-order valence-electron chi connectivity index (χ2n) is 7.20. The van der Waals surface area contributed by atoms with Crippen molar-refractivity contribution in [1.82, 2.24) is 5.32 Å². The van der Waals surface area contributed by atoms with Crippen LogP contribution >= 0.6 is 11.6 Å². The minimum atomic E-state index is -0.922. The van der Waals surface area contributed by atoms with Crippen LogP contribution in [0.4, 0.5) is 10.5 Å². The Kier molecular flexibility index (Phi) is 7.84. The molecule has 150 valence electrons. The van der Waals surface area contributed by atoms with Crippen LogP contribution in [0, 0.1) is 0 Å². The summed E-state index contributed by atoms with van der Waals surface area (Å²) in [7, 11) is 0. The minimum Gasteiger partial charge on any atom is -0.444 e. The molecule has 6 nitrogen and oxygen atoms in total. The molecule has 0 aliphatic rings. The highest BCUT2D eigenvalue weighted by Crippen LogP contribution is 2.14. The van der Waals surface area contributed by atoms with Gasteiger partial charge in [-0.05, 0) is 50.6 Å². The topological polar surface area (TPSA) is 76.7 Å². The molecule has 0 saturated heterocycles. The first-order valence-electron chi connectivity index (χ1n) is 8.90. The Bertz CT molecular complexity index is 773. The second kappa shape index (κ2) is 10.1. The van der Waals surface area contributed by atoms with Gasteiger partial charge in [0.1, 0.15) is 11.6 Å². The van der Waals surface area contributed by atoms with Gasteiger partial charge in [-0.25, -0.2) is 4.79 Å². The Morgan fingerprint density at radius 1 is 1.04 bits per heavy atom. The van der Waals surface area contributed by atoms with Gasteiger partial charge in [0.15, 0.2) is 0 Å². The molecule has 0 aliphatic carbocycles. The number of hydrogen-bond acceptors (Lipinski definition) is 4. The van der Waals surface area contributed by atoms with E-state index in [1.165, 1.54) is 0 Å². The fraction of sp³-hybridized carbons (Fsp3) is 0.333. The van der Waals surface area contributed by atoms with Gasteiger partial charge in [0.2, 0.25) is 5.91 Å². The molecular weight excluding hydrogens is 380 g/mol. The SMILES string of the molecule is CC(C)(C)OC(=O)NC(COCc1ccccc1)C(=O)Nc1ccc(Cl)cc1. The third-order valence-electron chi connectivity index (χ3n) is 3.52. The Labute approximate surface area is 170 Å². The molecule has 2 aromatic carbocycles. The summed E-state index contributed by atoms with van der Waals surface area (Å²) in [5.41, 5.74) is 0.858. The highest BCUT2D eigenvalue weighted by Gasteiger charge is 2.24. The van der Waals surface area contributed by atoms with Crippen molar-refractivity contribution in [1.29, 1.82) is 0 Å². The monoisotopic (exact) mass is 404 g/mol. The molecule has 2 aromatic rings. The fourth-order valence-corrected chi connectivity index (χ4v) is 2.39. The van der Waals surface area contributed by atoms with Crippen molar-refractivity contribution in [2.45, 2.75) is 39.0 Å². The number of amides is 2. The third-order valence-corrected chi connectivity index (χ3v) is 3.77. The number of hydrogen-bond donors (Lipinski definition) is 2. The molecule has 0 bridgehead atoms. The van der Waals surface area contributed by atoms with Gasteiger partial charge in [-0.3, -0.25) is 4.79 Å². The molecule has 0 spiro atoms. The Morgan fingerprint density at radius 2 is 1.68 bits per heavy atom. The van der Waals surface area contributed by atoms with Gasteiger partial charge < -0.3 is 20.1 Å². The lowest BCUT2D eigenvalue weighted by molar-refractivity contribution is -0.119. The quantitative estimate of drug-likeness (QED) is 0.717. The molecule has 1 unspecified atom stereocenters. The van der Waals surface area contributed by atoms with Crippen LogP contribution < -0.4 is 10.6 Å². The van der Waals surface area contributed by atoms with Crippen LogP contribution in [0.15, 0.2) is 54.6 Å². The van der Waals surface area contributed by atoms with E-state index in [0.717, 1.165) is 5.56 Å². The lowest BCUT2D eigenvalue weighted by Crippen LogP contribution is -2.48. The van der Waals surface area contributed by atoms with Crippen LogP contribution in [-0.2, 0) is 20.9 Å². The highest BCUT2D eigenvalue weighted by atomic mass is 35.5. The van der Waals surface area contributed by atoms with Crippen LogP contribution in [0.1, 0.15) is 26.3 Å². The number of alkyl carbamates (subject to hydrolysis) is 1. The van der Waals surface area contributed by atoms with Crippen LogP contribution in [0.2, 0.25) is 5.02 Å². The van der Waals surface area contributed by atoms with Crippen LogP contribution in [0.25, 0.3) is 0 Å².